The third-order valence-corrected chi connectivity index (χ3v) is 4.67. The van der Waals surface area contributed by atoms with Gasteiger partial charge in [0.25, 0.3) is 0 Å². The van der Waals surface area contributed by atoms with Gasteiger partial charge in [-0.1, -0.05) is 25.8 Å². The number of anilines is 2. The number of nitrogens with zero attached hydrogens (tertiary/aromatic N) is 1. The SMILES string of the molecule is CC1CCCC(N2CCCc3c(N)cccc32)C1. The van der Waals surface area contributed by atoms with E-state index in [0.717, 1.165) is 24.1 Å². The van der Waals surface area contributed by atoms with E-state index in [1.807, 2.05) is 6.07 Å². The van der Waals surface area contributed by atoms with Crippen LogP contribution in [0, 0.1) is 5.92 Å². The molecule has 1 aliphatic heterocycles. The Kier molecular flexibility index (Phi) is 3.19. The van der Waals surface area contributed by atoms with Gasteiger partial charge in [-0.3, -0.25) is 0 Å². The molecule has 1 heterocycles. The fourth-order valence-corrected chi connectivity index (χ4v) is 3.74. The highest BCUT2D eigenvalue weighted by Crippen LogP contribution is 2.37. The smallest absolute Gasteiger partial charge is 0.0421 e. The van der Waals surface area contributed by atoms with Gasteiger partial charge in [0, 0.05) is 24.0 Å². The number of nitrogens with two attached hydrogens (primary N) is 1. The van der Waals surface area contributed by atoms with Crippen LogP contribution in [-0.2, 0) is 6.42 Å². The van der Waals surface area contributed by atoms with E-state index < -0.39 is 0 Å². The number of benzene rings is 1. The average Bonchev–Trinajstić information content (AvgIpc) is 2.39. The van der Waals surface area contributed by atoms with Crippen molar-refractivity contribution < 1.29 is 0 Å². The molecule has 0 spiro atoms. The van der Waals surface area contributed by atoms with Gasteiger partial charge in [0.05, 0.1) is 0 Å². The molecule has 1 aliphatic carbocycles. The molecule has 0 saturated heterocycles. The minimum Gasteiger partial charge on any atom is -0.398 e. The summed E-state index contributed by atoms with van der Waals surface area (Å²) in [6, 6.07) is 7.17. The Morgan fingerprint density at radius 3 is 2.94 bits per heavy atom. The van der Waals surface area contributed by atoms with Crippen LogP contribution in [0.2, 0.25) is 0 Å². The summed E-state index contributed by atoms with van der Waals surface area (Å²) in [6.07, 6.45) is 7.92. The Balaban J connectivity index is 1.89. The maximum atomic E-state index is 6.13. The van der Waals surface area contributed by atoms with Gasteiger partial charge in [0.15, 0.2) is 0 Å². The molecule has 0 bridgehead atoms. The van der Waals surface area contributed by atoms with Crippen LogP contribution in [0.1, 0.15) is 44.6 Å². The van der Waals surface area contributed by atoms with Gasteiger partial charge in [0.2, 0.25) is 0 Å². The summed E-state index contributed by atoms with van der Waals surface area (Å²) in [5.41, 5.74) is 9.93. The molecular formula is C16H24N2. The zero-order chi connectivity index (χ0) is 12.5. The van der Waals surface area contributed by atoms with Crippen molar-refractivity contribution in [2.45, 2.75) is 51.5 Å². The van der Waals surface area contributed by atoms with Crippen molar-refractivity contribution in [3.05, 3.63) is 23.8 Å². The number of nitrogen functional groups attached to an aromatic ring is 1. The highest BCUT2D eigenvalue weighted by atomic mass is 15.2. The molecule has 1 aromatic rings. The van der Waals surface area contributed by atoms with E-state index in [2.05, 4.69) is 24.0 Å². The second-order valence-corrected chi connectivity index (χ2v) is 6.07. The van der Waals surface area contributed by atoms with Crippen molar-refractivity contribution in [2.24, 2.45) is 5.92 Å². The summed E-state index contributed by atoms with van der Waals surface area (Å²) in [7, 11) is 0. The predicted molar refractivity (Wildman–Crippen MR) is 77.9 cm³/mol. The summed E-state index contributed by atoms with van der Waals surface area (Å²) in [6.45, 7) is 3.62. The molecule has 2 atom stereocenters. The lowest BCUT2D eigenvalue weighted by molar-refractivity contribution is 0.326. The normalized spacial score (nSPS) is 27.9. The van der Waals surface area contributed by atoms with Crippen LogP contribution in [-0.4, -0.2) is 12.6 Å². The van der Waals surface area contributed by atoms with E-state index in [4.69, 9.17) is 5.73 Å². The quantitative estimate of drug-likeness (QED) is 0.765. The van der Waals surface area contributed by atoms with Crippen LogP contribution in [0.5, 0.6) is 0 Å². The standard InChI is InChI=1S/C16H24N2/c1-12-5-2-6-13(11-12)18-10-4-7-14-15(17)8-3-9-16(14)18/h3,8-9,12-13H,2,4-7,10-11,17H2,1H3. The molecule has 0 amide bonds. The maximum Gasteiger partial charge on any atom is 0.0421 e. The molecule has 2 nitrogen and oxygen atoms in total. The Bertz CT molecular complexity index is 427. The largest absolute Gasteiger partial charge is 0.398 e. The van der Waals surface area contributed by atoms with E-state index >= 15 is 0 Å². The minimum absolute atomic E-state index is 0.745. The van der Waals surface area contributed by atoms with Crippen molar-refractivity contribution in [2.75, 3.05) is 17.2 Å². The molecule has 1 aromatic carbocycles. The molecule has 1 fully saturated rings. The number of rotatable bonds is 1. The number of fused-ring (bicyclic) bond motifs is 1. The van der Waals surface area contributed by atoms with E-state index in [-0.39, 0.29) is 0 Å². The zero-order valence-electron chi connectivity index (χ0n) is 11.4. The first kappa shape index (κ1) is 11.9. The third-order valence-electron chi connectivity index (χ3n) is 4.67. The lowest BCUT2D eigenvalue weighted by Gasteiger charge is -2.41. The molecule has 0 radical (unpaired) electrons. The Morgan fingerprint density at radius 2 is 2.11 bits per heavy atom. The molecule has 2 unspecified atom stereocenters. The first-order valence-corrected chi connectivity index (χ1v) is 7.39. The van der Waals surface area contributed by atoms with Crippen molar-refractivity contribution in [3.63, 3.8) is 0 Å². The van der Waals surface area contributed by atoms with Gasteiger partial charge in [0.1, 0.15) is 0 Å². The third kappa shape index (κ3) is 2.09. The molecule has 98 valence electrons. The Morgan fingerprint density at radius 1 is 1.22 bits per heavy atom. The average molecular weight is 244 g/mol. The van der Waals surface area contributed by atoms with Crippen molar-refractivity contribution >= 4 is 11.4 Å². The fraction of sp³-hybridized carbons (Fsp3) is 0.625. The Hall–Kier alpha value is -1.18. The van der Waals surface area contributed by atoms with Crippen LogP contribution >= 0.6 is 0 Å². The van der Waals surface area contributed by atoms with Crippen molar-refractivity contribution in [1.82, 2.24) is 0 Å². The molecule has 2 aliphatic rings. The van der Waals surface area contributed by atoms with Crippen molar-refractivity contribution in [3.8, 4) is 0 Å². The van der Waals surface area contributed by atoms with Crippen LogP contribution < -0.4 is 10.6 Å². The van der Waals surface area contributed by atoms with Gasteiger partial charge < -0.3 is 10.6 Å². The van der Waals surface area contributed by atoms with E-state index in [1.54, 1.807) is 0 Å². The van der Waals surface area contributed by atoms with Crippen LogP contribution in [0.4, 0.5) is 11.4 Å². The maximum absolute atomic E-state index is 6.13. The van der Waals surface area contributed by atoms with Crippen LogP contribution in [0.3, 0.4) is 0 Å². The van der Waals surface area contributed by atoms with Gasteiger partial charge in [-0.2, -0.15) is 0 Å². The Labute approximate surface area is 110 Å². The highest BCUT2D eigenvalue weighted by molar-refractivity contribution is 5.66. The van der Waals surface area contributed by atoms with Crippen LogP contribution in [0.15, 0.2) is 18.2 Å². The van der Waals surface area contributed by atoms with Gasteiger partial charge in [-0.15, -0.1) is 0 Å². The second kappa shape index (κ2) is 4.83. The summed E-state index contributed by atoms with van der Waals surface area (Å²) in [5.74, 6) is 0.884. The van der Waals surface area contributed by atoms with Crippen LogP contribution in [0.25, 0.3) is 0 Å². The lowest BCUT2D eigenvalue weighted by atomic mass is 9.85. The van der Waals surface area contributed by atoms with Crippen molar-refractivity contribution in [1.29, 1.82) is 0 Å². The topological polar surface area (TPSA) is 29.3 Å². The monoisotopic (exact) mass is 244 g/mol. The van der Waals surface area contributed by atoms with Gasteiger partial charge >= 0.3 is 0 Å². The molecule has 0 aromatic heterocycles. The molecule has 3 rings (SSSR count). The lowest BCUT2D eigenvalue weighted by Crippen LogP contribution is -2.41. The number of hydrogen-bond donors (Lipinski definition) is 1. The predicted octanol–water partition coefficient (Wildman–Crippen LogP) is 3.60. The first-order chi connectivity index (χ1) is 8.75. The van der Waals surface area contributed by atoms with E-state index in [9.17, 15) is 0 Å². The minimum atomic E-state index is 0.745. The fourth-order valence-electron chi connectivity index (χ4n) is 3.74. The molecule has 18 heavy (non-hydrogen) atoms. The van der Waals surface area contributed by atoms with E-state index in [0.29, 0.717) is 0 Å². The summed E-state index contributed by atoms with van der Waals surface area (Å²) < 4.78 is 0. The summed E-state index contributed by atoms with van der Waals surface area (Å²) in [4.78, 5) is 2.64. The first-order valence-electron chi connectivity index (χ1n) is 7.39. The highest BCUT2D eigenvalue weighted by Gasteiger charge is 2.28. The zero-order valence-corrected chi connectivity index (χ0v) is 11.4. The molecule has 2 N–H and O–H groups in total. The second-order valence-electron chi connectivity index (χ2n) is 6.07. The molecule has 2 heteroatoms. The summed E-state index contributed by atoms with van der Waals surface area (Å²) in [5, 5.41) is 0. The van der Waals surface area contributed by atoms with Gasteiger partial charge in [-0.05, 0) is 49.3 Å². The van der Waals surface area contributed by atoms with Gasteiger partial charge in [-0.25, -0.2) is 0 Å². The summed E-state index contributed by atoms with van der Waals surface area (Å²) >= 11 is 0. The molecule has 1 saturated carbocycles. The van der Waals surface area contributed by atoms with E-state index in [1.165, 1.54) is 49.9 Å². The molecular weight excluding hydrogens is 220 g/mol. The number of hydrogen-bond acceptors (Lipinski definition) is 2.